The van der Waals surface area contributed by atoms with Crippen molar-refractivity contribution in [3.05, 3.63) is 82.6 Å². The summed E-state index contributed by atoms with van der Waals surface area (Å²) >= 11 is 5.82. The van der Waals surface area contributed by atoms with Gasteiger partial charge in [-0.3, -0.25) is 9.48 Å². The number of aryl methyl sites for hydroxylation is 1. The third-order valence-electron chi connectivity index (χ3n) is 4.15. The quantitative estimate of drug-likeness (QED) is 0.637. The molecule has 0 aliphatic carbocycles. The molecule has 6 heteroatoms. The molecule has 0 aliphatic heterocycles. The lowest BCUT2D eigenvalue weighted by molar-refractivity contribution is 0.0951. The van der Waals surface area contributed by atoms with E-state index in [0.29, 0.717) is 30.3 Å². The van der Waals surface area contributed by atoms with Gasteiger partial charge >= 0.3 is 0 Å². The van der Waals surface area contributed by atoms with E-state index in [1.807, 2.05) is 30.3 Å². The fourth-order valence-electron chi connectivity index (χ4n) is 2.64. The second-order valence-corrected chi connectivity index (χ2v) is 6.60. The first kappa shape index (κ1) is 19.0. The van der Waals surface area contributed by atoms with Crippen molar-refractivity contribution in [3.8, 4) is 5.75 Å². The van der Waals surface area contributed by atoms with Crippen molar-refractivity contribution >= 4 is 17.5 Å². The van der Waals surface area contributed by atoms with E-state index in [1.54, 1.807) is 23.1 Å². The van der Waals surface area contributed by atoms with Gasteiger partial charge < -0.3 is 10.1 Å². The molecule has 0 bridgehead atoms. The summed E-state index contributed by atoms with van der Waals surface area (Å²) in [4.78, 5) is 12.3. The van der Waals surface area contributed by atoms with Crippen LogP contribution in [0.3, 0.4) is 0 Å². The maximum absolute atomic E-state index is 12.3. The van der Waals surface area contributed by atoms with E-state index in [1.165, 1.54) is 5.56 Å². The predicted octanol–water partition coefficient (Wildman–Crippen LogP) is 4.11. The van der Waals surface area contributed by atoms with Crippen molar-refractivity contribution in [2.45, 2.75) is 26.5 Å². The zero-order chi connectivity index (χ0) is 19.1. The minimum atomic E-state index is -0.123. The van der Waals surface area contributed by atoms with Crippen LogP contribution in [0.5, 0.6) is 5.75 Å². The molecule has 0 atom stereocenters. The summed E-state index contributed by atoms with van der Waals surface area (Å²) in [6.45, 7) is 3.57. The first-order chi connectivity index (χ1) is 13.1. The highest BCUT2D eigenvalue weighted by Crippen LogP contribution is 2.15. The summed E-state index contributed by atoms with van der Waals surface area (Å²) < 4.78 is 7.50. The van der Waals surface area contributed by atoms with Crippen LogP contribution in [0, 0.1) is 0 Å². The van der Waals surface area contributed by atoms with Crippen molar-refractivity contribution in [2.24, 2.45) is 0 Å². The lowest BCUT2D eigenvalue weighted by Crippen LogP contribution is -2.27. The van der Waals surface area contributed by atoms with E-state index in [-0.39, 0.29) is 5.91 Å². The van der Waals surface area contributed by atoms with E-state index in [2.05, 4.69) is 29.5 Å². The average Bonchev–Trinajstić information content (AvgIpc) is 3.12. The number of halogens is 1. The van der Waals surface area contributed by atoms with E-state index in [0.717, 1.165) is 17.7 Å². The zero-order valence-corrected chi connectivity index (χ0v) is 15.9. The normalized spacial score (nSPS) is 10.6. The molecule has 0 saturated heterocycles. The van der Waals surface area contributed by atoms with Crippen molar-refractivity contribution in [1.82, 2.24) is 15.1 Å². The summed E-state index contributed by atoms with van der Waals surface area (Å²) in [5.41, 5.74) is 2.83. The monoisotopic (exact) mass is 383 g/mol. The SMILES string of the molecule is CCc1ccc(OCc2cccc(C(=O)NCCn3cc(Cl)cn3)c2)cc1. The highest BCUT2D eigenvalue weighted by atomic mass is 35.5. The molecular weight excluding hydrogens is 362 g/mol. The number of amides is 1. The smallest absolute Gasteiger partial charge is 0.251 e. The number of benzene rings is 2. The Bertz CT molecular complexity index is 890. The van der Waals surface area contributed by atoms with Crippen LogP contribution in [0.2, 0.25) is 5.02 Å². The van der Waals surface area contributed by atoms with Crippen LogP contribution in [-0.2, 0) is 19.6 Å². The average molecular weight is 384 g/mol. The number of rotatable bonds is 8. The number of nitrogens with one attached hydrogen (secondary N) is 1. The third kappa shape index (κ3) is 5.59. The first-order valence-electron chi connectivity index (χ1n) is 8.91. The van der Waals surface area contributed by atoms with Gasteiger partial charge in [-0.1, -0.05) is 42.8 Å². The Hall–Kier alpha value is -2.79. The molecule has 27 heavy (non-hydrogen) atoms. The molecule has 5 nitrogen and oxygen atoms in total. The summed E-state index contributed by atoms with van der Waals surface area (Å²) in [6.07, 6.45) is 4.30. The van der Waals surface area contributed by atoms with Crippen LogP contribution < -0.4 is 10.1 Å². The molecule has 0 fully saturated rings. The van der Waals surface area contributed by atoms with Gasteiger partial charge in [0.05, 0.1) is 17.8 Å². The molecule has 0 radical (unpaired) electrons. The van der Waals surface area contributed by atoms with Crippen molar-refractivity contribution in [3.63, 3.8) is 0 Å². The molecule has 1 N–H and O–H groups in total. The molecule has 1 heterocycles. The van der Waals surface area contributed by atoms with Gasteiger partial charge in [0, 0.05) is 18.3 Å². The number of hydrogen-bond donors (Lipinski definition) is 1. The van der Waals surface area contributed by atoms with E-state index in [4.69, 9.17) is 16.3 Å². The number of aromatic nitrogens is 2. The van der Waals surface area contributed by atoms with Crippen molar-refractivity contribution in [1.29, 1.82) is 0 Å². The van der Waals surface area contributed by atoms with Gasteiger partial charge in [-0.15, -0.1) is 0 Å². The standard InChI is InChI=1S/C21H22ClN3O2/c1-2-16-6-8-20(9-7-16)27-15-17-4-3-5-18(12-17)21(26)23-10-11-25-14-19(22)13-24-25/h3-9,12-14H,2,10-11,15H2,1H3,(H,23,26). The van der Waals surface area contributed by atoms with Gasteiger partial charge in [-0.05, 0) is 41.8 Å². The lowest BCUT2D eigenvalue weighted by Gasteiger charge is -2.09. The molecule has 3 rings (SSSR count). The third-order valence-corrected chi connectivity index (χ3v) is 4.35. The van der Waals surface area contributed by atoms with Crippen LogP contribution in [0.25, 0.3) is 0 Å². The largest absolute Gasteiger partial charge is 0.489 e. The number of hydrogen-bond acceptors (Lipinski definition) is 3. The van der Waals surface area contributed by atoms with Crippen LogP contribution in [0.15, 0.2) is 60.9 Å². The number of nitrogens with zero attached hydrogens (tertiary/aromatic N) is 2. The Kier molecular flexibility index (Phi) is 6.49. The number of carbonyl (C=O) groups is 1. The molecule has 1 amide bonds. The molecule has 2 aromatic carbocycles. The van der Waals surface area contributed by atoms with Gasteiger partial charge in [0.25, 0.3) is 5.91 Å². The summed E-state index contributed by atoms with van der Waals surface area (Å²) in [5.74, 6) is 0.697. The highest BCUT2D eigenvalue weighted by Gasteiger charge is 2.07. The molecule has 0 saturated carbocycles. The van der Waals surface area contributed by atoms with Gasteiger partial charge in [0.15, 0.2) is 0 Å². The summed E-state index contributed by atoms with van der Waals surface area (Å²) in [5, 5.41) is 7.55. The van der Waals surface area contributed by atoms with E-state index in [9.17, 15) is 4.79 Å². The second kappa shape index (κ2) is 9.24. The van der Waals surface area contributed by atoms with Gasteiger partial charge in [-0.25, -0.2) is 0 Å². The fraction of sp³-hybridized carbons (Fsp3) is 0.238. The Labute approximate surface area is 163 Å². The first-order valence-corrected chi connectivity index (χ1v) is 9.28. The van der Waals surface area contributed by atoms with Crippen molar-refractivity contribution in [2.75, 3.05) is 6.54 Å². The minimum absolute atomic E-state index is 0.123. The molecule has 1 aromatic heterocycles. The van der Waals surface area contributed by atoms with Gasteiger partial charge in [0.2, 0.25) is 0 Å². The van der Waals surface area contributed by atoms with Crippen LogP contribution in [0.4, 0.5) is 0 Å². The topological polar surface area (TPSA) is 56.1 Å². The van der Waals surface area contributed by atoms with Crippen molar-refractivity contribution < 1.29 is 9.53 Å². The number of carbonyl (C=O) groups excluding carboxylic acids is 1. The summed E-state index contributed by atoms with van der Waals surface area (Å²) in [6, 6.07) is 15.5. The predicted molar refractivity (Wildman–Crippen MR) is 106 cm³/mol. The Morgan fingerprint density at radius 1 is 1.19 bits per heavy atom. The Balaban J connectivity index is 1.51. The molecule has 0 unspecified atom stereocenters. The van der Waals surface area contributed by atoms with Crippen LogP contribution in [0.1, 0.15) is 28.4 Å². The summed E-state index contributed by atoms with van der Waals surface area (Å²) in [7, 11) is 0. The van der Waals surface area contributed by atoms with Crippen LogP contribution >= 0.6 is 11.6 Å². The number of ether oxygens (including phenoxy) is 1. The van der Waals surface area contributed by atoms with Crippen LogP contribution in [-0.4, -0.2) is 22.2 Å². The molecule has 140 valence electrons. The lowest BCUT2D eigenvalue weighted by atomic mass is 10.1. The van der Waals surface area contributed by atoms with Gasteiger partial charge in [-0.2, -0.15) is 5.10 Å². The Morgan fingerprint density at radius 2 is 2.00 bits per heavy atom. The molecular formula is C21H22ClN3O2. The highest BCUT2D eigenvalue weighted by molar-refractivity contribution is 6.30. The van der Waals surface area contributed by atoms with E-state index >= 15 is 0 Å². The van der Waals surface area contributed by atoms with Gasteiger partial charge in [0.1, 0.15) is 12.4 Å². The maximum atomic E-state index is 12.3. The maximum Gasteiger partial charge on any atom is 0.251 e. The molecule has 3 aromatic rings. The molecule has 0 aliphatic rings. The fourth-order valence-corrected chi connectivity index (χ4v) is 2.79. The minimum Gasteiger partial charge on any atom is -0.489 e. The molecule has 0 spiro atoms. The second-order valence-electron chi connectivity index (χ2n) is 6.16. The zero-order valence-electron chi connectivity index (χ0n) is 15.2. The van der Waals surface area contributed by atoms with E-state index < -0.39 is 0 Å². The Morgan fingerprint density at radius 3 is 2.70 bits per heavy atom.